The first-order chi connectivity index (χ1) is 8.04. The topological polar surface area (TPSA) is 41.5 Å². The van der Waals surface area contributed by atoms with E-state index in [1.165, 1.54) is 5.56 Å². The van der Waals surface area contributed by atoms with Gasteiger partial charge in [0.25, 0.3) is 5.91 Å². The molecular weight excluding hydrogens is 212 g/mol. The van der Waals surface area contributed by atoms with E-state index in [-0.39, 0.29) is 5.91 Å². The number of hydrogen-bond donors (Lipinski definition) is 1. The van der Waals surface area contributed by atoms with Crippen LogP contribution in [0.3, 0.4) is 0 Å². The molecule has 0 radical (unpaired) electrons. The average Bonchev–Trinajstić information content (AvgIpc) is 2.30. The highest BCUT2D eigenvalue weighted by molar-refractivity contribution is 5.95. The maximum Gasteiger partial charge on any atom is 0.271 e. The van der Waals surface area contributed by atoms with E-state index in [0.29, 0.717) is 5.56 Å². The Morgan fingerprint density at radius 1 is 1.29 bits per heavy atom. The van der Waals surface area contributed by atoms with Gasteiger partial charge in [0.1, 0.15) is 0 Å². The van der Waals surface area contributed by atoms with Crippen molar-refractivity contribution in [2.75, 3.05) is 0 Å². The Balaban J connectivity index is 2.70. The molecule has 1 rings (SSSR count). The maximum absolute atomic E-state index is 11.8. The van der Waals surface area contributed by atoms with Crippen molar-refractivity contribution in [3.8, 4) is 0 Å². The van der Waals surface area contributed by atoms with Gasteiger partial charge in [-0.25, -0.2) is 5.43 Å². The van der Waals surface area contributed by atoms with Gasteiger partial charge >= 0.3 is 0 Å². The number of nitrogens with zero attached hydrogens (tertiary/aromatic N) is 1. The number of hydrogen-bond acceptors (Lipinski definition) is 2. The van der Waals surface area contributed by atoms with Crippen LogP contribution >= 0.6 is 0 Å². The molecule has 1 amide bonds. The van der Waals surface area contributed by atoms with Gasteiger partial charge in [-0.15, -0.1) is 0 Å². The first-order valence-corrected chi connectivity index (χ1v) is 5.95. The summed E-state index contributed by atoms with van der Waals surface area (Å²) in [7, 11) is 0. The van der Waals surface area contributed by atoms with Crippen molar-refractivity contribution in [3.63, 3.8) is 0 Å². The van der Waals surface area contributed by atoms with E-state index in [0.717, 1.165) is 24.1 Å². The summed E-state index contributed by atoms with van der Waals surface area (Å²) in [6, 6.07) is 5.66. The Hall–Kier alpha value is -1.64. The van der Waals surface area contributed by atoms with Crippen molar-refractivity contribution >= 4 is 11.6 Å². The second kappa shape index (κ2) is 6.18. The van der Waals surface area contributed by atoms with E-state index in [4.69, 9.17) is 0 Å². The Kier molecular flexibility index (Phi) is 4.88. The summed E-state index contributed by atoms with van der Waals surface area (Å²) in [5.41, 5.74) is 6.49. The SMILES string of the molecule is CCC/C(C)=N/NC(=O)c1ccc(C)c(C)c1. The lowest BCUT2D eigenvalue weighted by Crippen LogP contribution is -2.19. The Bertz CT molecular complexity index is 436. The third kappa shape index (κ3) is 4.02. The van der Waals surface area contributed by atoms with E-state index >= 15 is 0 Å². The van der Waals surface area contributed by atoms with Crippen LogP contribution in [0.4, 0.5) is 0 Å². The minimum Gasteiger partial charge on any atom is -0.267 e. The fourth-order valence-electron chi connectivity index (χ4n) is 1.51. The Morgan fingerprint density at radius 3 is 2.59 bits per heavy atom. The molecule has 3 heteroatoms. The first-order valence-electron chi connectivity index (χ1n) is 5.95. The predicted octanol–water partition coefficient (Wildman–Crippen LogP) is 3.21. The van der Waals surface area contributed by atoms with Crippen molar-refractivity contribution in [2.45, 2.75) is 40.5 Å². The van der Waals surface area contributed by atoms with Gasteiger partial charge in [-0.05, 0) is 50.5 Å². The summed E-state index contributed by atoms with van der Waals surface area (Å²) < 4.78 is 0. The highest BCUT2D eigenvalue weighted by Crippen LogP contribution is 2.09. The standard InChI is InChI=1S/C14H20N2O/c1-5-6-12(4)15-16-14(17)13-8-7-10(2)11(3)9-13/h7-9H,5-6H2,1-4H3,(H,16,17)/b15-12+. The molecule has 17 heavy (non-hydrogen) atoms. The van der Waals surface area contributed by atoms with Crippen LogP contribution in [0.2, 0.25) is 0 Å². The van der Waals surface area contributed by atoms with Gasteiger partial charge in [-0.2, -0.15) is 5.10 Å². The zero-order valence-electron chi connectivity index (χ0n) is 11.0. The molecular formula is C14H20N2O. The monoisotopic (exact) mass is 232 g/mol. The Labute approximate surface area is 103 Å². The fraction of sp³-hybridized carbons (Fsp3) is 0.429. The number of amides is 1. The number of benzene rings is 1. The van der Waals surface area contributed by atoms with Gasteiger partial charge in [0, 0.05) is 11.3 Å². The van der Waals surface area contributed by atoms with Crippen molar-refractivity contribution in [1.82, 2.24) is 5.43 Å². The molecule has 0 unspecified atom stereocenters. The lowest BCUT2D eigenvalue weighted by molar-refractivity contribution is 0.0954. The third-order valence-electron chi connectivity index (χ3n) is 2.73. The average molecular weight is 232 g/mol. The molecule has 0 fully saturated rings. The zero-order chi connectivity index (χ0) is 12.8. The van der Waals surface area contributed by atoms with Crippen molar-refractivity contribution in [1.29, 1.82) is 0 Å². The highest BCUT2D eigenvalue weighted by Gasteiger charge is 2.05. The van der Waals surface area contributed by atoms with Crippen LogP contribution in [0.1, 0.15) is 48.2 Å². The van der Waals surface area contributed by atoms with Gasteiger partial charge in [0.05, 0.1) is 0 Å². The minimum atomic E-state index is -0.149. The van der Waals surface area contributed by atoms with Crippen molar-refractivity contribution < 1.29 is 4.79 Å². The molecule has 92 valence electrons. The van der Waals surface area contributed by atoms with Crippen LogP contribution in [0.25, 0.3) is 0 Å². The van der Waals surface area contributed by atoms with E-state index < -0.39 is 0 Å². The molecule has 0 aliphatic rings. The summed E-state index contributed by atoms with van der Waals surface area (Å²) in [4.78, 5) is 11.8. The lowest BCUT2D eigenvalue weighted by atomic mass is 10.1. The summed E-state index contributed by atoms with van der Waals surface area (Å²) >= 11 is 0. The largest absolute Gasteiger partial charge is 0.271 e. The van der Waals surface area contributed by atoms with Crippen LogP contribution < -0.4 is 5.43 Å². The van der Waals surface area contributed by atoms with Crippen molar-refractivity contribution in [3.05, 3.63) is 34.9 Å². The number of carbonyl (C=O) groups is 1. The molecule has 1 aromatic carbocycles. The van der Waals surface area contributed by atoms with Crippen molar-refractivity contribution in [2.24, 2.45) is 5.10 Å². The highest BCUT2D eigenvalue weighted by atomic mass is 16.2. The first kappa shape index (κ1) is 13.4. The normalized spacial score (nSPS) is 11.4. The van der Waals surface area contributed by atoms with Crippen LogP contribution in [-0.4, -0.2) is 11.6 Å². The van der Waals surface area contributed by atoms with Crippen LogP contribution in [0, 0.1) is 13.8 Å². The van der Waals surface area contributed by atoms with Crippen LogP contribution in [-0.2, 0) is 0 Å². The molecule has 0 aliphatic carbocycles. The molecule has 0 bridgehead atoms. The summed E-state index contributed by atoms with van der Waals surface area (Å²) in [5, 5.41) is 4.06. The van der Waals surface area contributed by atoms with Gasteiger partial charge < -0.3 is 0 Å². The second-order valence-electron chi connectivity index (χ2n) is 4.34. The number of carbonyl (C=O) groups excluding carboxylic acids is 1. The van der Waals surface area contributed by atoms with E-state index in [1.807, 2.05) is 39.0 Å². The molecule has 0 saturated heterocycles. The Morgan fingerprint density at radius 2 is 2.00 bits per heavy atom. The van der Waals surface area contributed by atoms with Crippen LogP contribution in [0.15, 0.2) is 23.3 Å². The molecule has 1 N–H and O–H groups in total. The van der Waals surface area contributed by atoms with Gasteiger partial charge in [0.2, 0.25) is 0 Å². The second-order valence-corrected chi connectivity index (χ2v) is 4.34. The minimum absolute atomic E-state index is 0.149. The maximum atomic E-state index is 11.8. The van der Waals surface area contributed by atoms with E-state index in [1.54, 1.807) is 0 Å². The molecule has 0 aromatic heterocycles. The molecule has 3 nitrogen and oxygen atoms in total. The van der Waals surface area contributed by atoms with Crippen LogP contribution in [0.5, 0.6) is 0 Å². The van der Waals surface area contributed by atoms with Gasteiger partial charge in [-0.1, -0.05) is 19.4 Å². The summed E-state index contributed by atoms with van der Waals surface area (Å²) in [6.45, 7) is 8.03. The lowest BCUT2D eigenvalue weighted by Gasteiger charge is -2.04. The molecule has 0 aliphatic heterocycles. The third-order valence-corrected chi connectivity index (χ3v) is 2.73. The smallest absolute Gasteiger partial charge is 0.267 e. The number of aryl methyl sites for hydroxylation is 2. The van der Waals surface area contributed by atoms with Gasteiger partial charge in [-0.3, -0.25) is 4.79 Å². The fourth-order valence-corrected chi connectivity index (χ4v) is 1.51. The predicted molar refractivity (Wildman–Crippen MR) is 71.4 cm³/mol. The number of rotatable bonds is 4. The number of nitrogens with one attached hydrogen (secondary N) is 1. The number of hydrazone groups is 1. The molecule has 0 spiro atoms. The summed E-state index contributed by atoms with van der Waals surface area (Å²) in [6.07, 6.45) is 1.95. The molecule has 0 atom stereocenters. The molecule has 1 aromatic rings. The van der Waals surface area contributed by atoms with E-state index in [9.17, 15) is 4.79 Å². The molecule has 0 heterocycles. The van der Waals surface area contributed by atoms with Gasteiger partial charge in [0.15, 0.2) is 0 Å². The molecule has 0 saturated carbocycles. The zero-order valence-corrected chi connectivity index (χ0v) is 11.0. The van der Waals surface area contributed by atoms with E-state index in [2.05, 4.69) is 17.5 Å². The quantitative estimate of drug-likeness (QED) is 0.628. The summed E-state index contributed by atoms with van der Waals surface area (Å²) in [5.74, 6) is -0.149.